The van der Waals surface area contributed by atoms with E-state index in [4.69, 9.17) is 0 Å². The topological polar surface area (TPSA) is 0 Å². The fourth-order valence-electron chi connectivity index (χ4n) is 7.09. The third-order valence-corrected chi connectivity index (χ3v) is 9.77. The molecule has 0 N–H and O–H groups in total. The molecule has 1 unspecified atom stereocenters. The van der Waals surface area contributed by atoms with Gasteiger partial charge < -0.3 is 0 Å². The quantitative estimate of drug-likeness (QED) is 0.208. The molecule has 0 heterocycles. The van der Waals surface area contributed by atoms with Crippen molar-refractivity contribution in [3.63, 3.8) is 0 Å². The first-order valence-corrected chi connectivity index (χ1v) is 16.7. The Morgan fingerprint density at radius 3 is 1.61 bits per heavy atom. The maximum atomic E-state index is 2.55. The average Bonchev–Trinajstić information content (AvgIpc) is 2.98. The van der Waals surface area contributed by atoms with Crippen LogP contribution < -0.4 is 0 Å². The summed E-state index contributed by atoms with van der Waals surface area (Å²) in [6, 6.07) is 19.0. The van der Waals surface area contributed by atoms with Gasteiger partial charge in [-0.2, -0.15) is 0 Å². The van der Waals surface area contributed by atoms with Gasteiger partial charge in [0.1, 0.15) is 0 Å². The molecule has 1 saturated carbocycles. The summed E-state index contributed by atoms with van der Waals surface area (Å²) in [4.78, 5) is 0. The predicted octanol–water partition coefficient (Wildman–Crippen LogP) is 12.5. The first-order valence-electron chi connectivity index (χ1n) is 16.7. The number of allylic oxidation sites excluding steroid dienone is 2. The van der Waals surface area contributed by atoms with Crippen LogP contribution in [0.15, 0.2) is 54.6 Å². The second-order valence-electron chi connectivity index (χ2n) is 12.7. The lowest BCUT2D eigenvalue weighted by atomic mass is 9.77. The van der Waals surface area contributed by atoms with E-state index in [2.05, 4.69) is 68.5 Å². The molecule has 0 aromatic heterocycles. The Bertz CT molecular complexity index is 923. The molecule has 0 amide bonds. The lowest BCUT2D eigenvalue weighted by molar-refractivity contribution is 0.302. The van der Waals surface area contributed by atoms with Crippen molar-refractivity contribution in [2.24, 2.45) is 11.8 Å². The lowest BCUT2D eigenvalue weighted by Crippen LogP contribution is -2.13. The van der Waals surface area contributed by atoms with Crippen molar-refractivity contribution in [1.29, 1.82) is 0 Å². The lowest BCUT2D eigenvalue weighted by Gasteiger charge is -2.29. The number of unbranched alkanes of at least 4 members (excludes halogenated alkanes) is 8. The molecular weight excluding hydrogens is 456 g/mol. The van der Waals surface area contributed by atoms with Crippen LogP contribution in [0.1, 0.15) is 153 Å². The molecule has 0 spiro atoms. The smallest absolute Gasteiger partial charge is 0.0162 e. The molecule has 2 aromatic carbocycles. The summed E-state index contributed by atoms with van der Waals surface area (Å²) in [6.45, 7) is 4.61. The van der Waals surface area contributed by atoms with Crippen LogP contribution in [0.2, 0.25) is 0 Å². The summed E-state index contributed by atoms with van der Waals surface area (Å²) in [6.07, 6.45) is 29.2. The average molecular weight is 513 g/mol. The normalized spacial score (nSPS) is 21.8. The van der Waals surface area contributed by atoms with Crippen molar-refractivity contribution in [3.05, 3.63) is 65.7 Å². The Labute approximate surface area is 235 Å². The maximum Gasteiger partial charge on any atom is -0.0162 e. The molecule has 0 saturated heterocycles. The highest BCUT2D eigenvalue weighted by atomic mass is 14.3. The maximum absolute atomic E-state index is 2.55. The molecule has 1 atom stereocenters. The highest BCUT2D eigenvalue weighted by Crippen LogP contribution is 2.39. The summed E-state index contributed by atoms with van der Waals surface area (Å²) < 4.78 is 0. The van der Waals surface area contributed by atoms with Gasteiger partial charge in [0, 0.05) is 0 Å². The monoisotopic (exact) mass is 512 g/mol. The van der Waals surface area contributed by atoms with Crippen molar-refractivity contribution in [1.82, 2.24) is 0 Å². The number of hydrogen-bond acceptors (Lipinski definition) is 0. The van der Waals surface area contributed by atoms with E-state index in [1.54, 1.807) is 11.1 Å². The standard InChI is InChI=1S/C38H56/c1-3-5-7-9-11-13-31-15-19-33(20-16-31)35-23-27-37(28-24-35)38-29-25-36(26-30-38)34-21-17-32(18-22-34)14-12-10-8-6-4-2/h19,23-32,34H,3-18,20-22H2,1-2H3/t31?,32-,34-. The SMILES string of the molecule is CCCCCCCC1CC=C(c2ccc(-c3ccc([C@H]4CC[C@H](CCCCCCC)CC4)cc3)cc2)CC1. The van der Waals surface area contributed by atoms with Crippen LogP contribution in [0.4, 0.5) is 0 Å². The summed E-state index contributed by atoms with van der Waals surface area (Å²) >= 11 is 0. The van der Waals surface area contributed by atoms with Crippen molar-refractivity contribution in [2.75, 3.05) is 0 Å². The minimum absolute atomic E-state index is 0.779. The van der Waals surface area contributed by atoms with Crippen LogP contribution in [0, 0.1) is 11.8 Å². The van der Waals surface area contributed by atoms with Crippen molar-refractivity contribution in [3.8, 4) is 11.1 Å². The van der Waals surface area contributed by atoms with Gasteiger partial charge in [0.25, 0.3) is 0 Å². The molecule has 0 aliphatic heterocycles. The molecule has 0 heteroatoms. The molecule has 1 fully saturated rings. The Hall–Kier alpha value is -1.82. The zero-order chi connectivity index (χ0) is 26.4. The first-order chi connectivity index (χ1) is 18.8. The molecule has 0 bridgehead atoms. The van der Waals surface area contributed by atoms with Gasteiger partial charge in [0.15, 0.2) is 0 Å². The third-order valence-electron chi connectivity index (χ3n) is 9.77. The molecule has 0 nitrogen and oxygen atoms in total. The molecule has 4 rings (SSSR count). The van der Waals surface area contributed by atoms with Gasteiger partial charge in [-0.3, -0.25) is 0 Å². The van der Waals surface area contributed by atoms with Gasteiger partial charge in [-0.25, -0.2) is 0 Å². The van der Waals surface area contributed by atoms with Crippen LogP contribution in [0.25, 0.3) is 16.7 Å². The first kappa shape index (κ1) is 29.2. The highest BCUT2D eigenvalue weighted by molar-refractivity contribution is 5.71. The fraction of sp³-hybridized carbons (Fsp3) is 0.632. The van der Waals surface area contributed by atoms with Gasteiger partial charge >= 0.3 is 0 Å². The molecule has 208 valence electrons. The van der Waals surface area contributed by atoms with Crippen LogP contribution in [-0.2, 0) is 0 Å². The fourth-order valence-corrected chi connectivity index (χ4v) is 7.09. The molecule has 0 radical (unpaired) electrons. The molecule has 38 heavy (non-hydrogen) atoms. The summed E-state index contributed by atoms with van der Waals surface area (Å²) in [5.74, 6) is 2.69. The molecule has 2 aromatic rings. The van der Waals surface area contributed by atoms with Gasteiger partial charge in [-0.1, -0.05) is 146 Å². The van der Waals surface area contributed by atoms with Gasteiger partial charge in [-0.05, 0) is 90.5 Å². The van der Waals surface area contributed by atoms with Crippen molar-refractivity contribution < 1.29 is 0 Å². The Morgan fingerprint density at radius 1 is 0.526 bits per heavy atom. The van der Waals surface area contributed by atoms with E-state index >= 15 is 0 Å². The third kappa shape index (κ3) is 9.14. The largest absolute Gasteiger partial charge is 0.0804 e. The summed E-state index contributed by atoms with van der Waals surface area (Å²) in [5.41, 5.74) is 7.30. The van der Waals surface area contributed by atoms with Crippen LogP contribution >= 0.6 is 0 Å². The minimum atomic E-state index is 0.779. The van der Waals surface area contributed by atoms with E-state index in [0.717, 1.165) is 17.8 Å². The number of benzene rings is 2. The second-order valence-corrected chi connectivity index (χ2v) is 12.7. The Balaban J connectivity index is 1.21. The van der Waals surface area contributed by atoms with Gasteiger partial charge in [0.2, 0.25) is 0 Å². The van der Waals surface area contributed by atoms with E-state index < -0.39 is 0 Å². The van der Waals surface area contributed by atoms with E-state index in [-0.39, 0.29) is 0 Å². The van der Waals surface area contributed by atoms with Crippen molar-refractivity contribution in [2.45, 2.75) is 142 Å². The summed E-state index contributed by atoms with van der Waals surface area (Å²) in [5, 5.41) is 0. The van der Waals surface area contributed by atoms with Crippen molar-refractivity contribution >= 4 is 5.57 Å². The zero-order valence-electron chi connectivity index (χ0n) is 24.9. The number of hydrogen-bond donors (Lipinski definition) is 0. The second kappa shape index (κ2) is 16.3. The van der Waals surface area contributed by atoms with Gasteiger partial charge in [0.05, 0.1) is 0 Å². The van der Waals surface area contributed by atoms with E-state index in [1.807, 2.05) is 0 Å². The highest BCUT2D eigenvalue weighted by Gasteiger charge is 2.22. The van der Waals surface area contributed by atoms with E-state index in [0.29, 0.717) is 0 Å². The number of rotatable bonds is 15. The van der Waals surface area contributed by atoms with Crippen LogP contribution in [-0.4, -0.2) is 0 Å². The Kier molecular flexibility index (Phi) is 12.5. The molecular formula is C38H56. The Morgan fingerprint density at radius 2 is 1.05 bits per heavy atom. The van der Waals surface area contributed by atoms with Gasteiger partial charge in [-0.15, -0.1) is 0 Å². The summed E-state index contributed by atoms with van der Waals surface area (Å²) in [7, 11) is 0. The van der Waals surface area contributed by atoms with Crippen LogP contribution in [0.5, 0.6) is 0 Å². The molecule has 2 aliphatic carbocycles. The zero-order valence-corrected chi connectivity index (χ0v) is 24.9. The van der Waals surface area contributed by atoms with E-state index in [9.17, 15) is 0 Å². The van der Waals surface area contributed by atoms with E-state index in [1.165, 1.54) is 139 Å². The molecule has 2 aliphatic rings. The minimum Gasteiger partial charge on any atom is -0.0804 e. The predicted molar refractivity (Wildman–Crippen MR) is 169 cm³/mol. The van der Waals surface area contributed by atoms with Crippen LogP contribution in [0.3, 0.4) is 0 Å².